The lowest BCUT2D eigenvalue weighted by atomic mass is 10.2. The molecule has 0 amide bonds. The molecule has 3 rings (SSSR count). The molecule has 7 heteroatoms. The Morgan fingerprint density at radius 2 is 1.67 bits per heavy atom. The fourth-order valence-electron chi connectivity index (χ4n) is 2.53. The molecule has 1 aliphatic heterocycles. The molecule has 0 atom stereocenters. The van der Waals surface area contributed by atoms with E-state index in [4.69, 9.17) is 23.2 Å². The number of sulfonamides is 1. The summed E-state index contributed by atoms with van der Waals surface area (Å²) in [6, 6.07) is 11.7. The first-order chi connectivity index (χ1) is 11.5. The molecule has 24 heavy (non-hydrogen) atoms. The summed E-state index contributed by atoms with van der Waals surface area (Å²) in [5.74, 6) is 0. The summed E-state index contributed by atoms with van der Waals surface area (Å²) in [5.41, 5.74) is 1.40. The van der Waals surface area contributed by atoms with E-state index in [0.717, 1.165) is 18.4 Å². The summed E-state index contributed by atoms with van der Waals surface area (Å²) in [7, 11) is -3.39. The van der Waals surface area contributed by atoms with Crippen molar-refractivity contribution in [2.24, 2.45) is 4.99 Å². The van der Waals surface area contributed by atoms with E-state index in [1.807, 2.05) is 0 Å². The van der Waals surface area contributed by atoms with Gasteiger partial charge >= 0.3 is 0 Å². The predicted molar refractivity (Wildman–Crippen MR) is 98.2 cm³/mol. The molecule has 0 N–H and O–H groups in total. The van der Waals surface area contributed by atoms with Gasteiger partial charge in [0.1, 0.15) is 0 Å². The summed E-state index contributed by atoms with van der Waals surface area (Å²) in [5, 5.41) is 1.08. The minimum Gasteiger partial charge on any atom is -0.256 e. The Labute approximate surface area is 151 Å². The fourth-order valence-corrected chi connectivity index (χ4v) is 4.51. The molecule has 1 heterocycles. The highest BCUT2D eigenvalue weighted by atomic mass is 35.5. The number of rotatable bonds is 4. The Bertz CT molecular complexity index is 859. The lowest BCUT2D eigenvalue weighted by molar-refractivity contribution is 0.477. The van der Waals surface area contributed by atoms with Crippen LogP contribution in [-0.4, -0.2) is 32.0 Å². The number of aliphatic imine (C=N–C) groups is 1. The highest BCUT2D eigenvalue weighted by molar-refractivity contribution is 7.89. The van der Waals surface area contributed by atoms with Crippen molar-refractivity contribution < 1.29 is 8.42 Å². The first-order valence-corrected chi connectivity index (χ1v) is 9.76. The van der Waals surface area contributed by atoms with Crippen molar-refractivity contribution in [1.82, 2.24) is 4.31 Å². The molecule has 0 radical (unpaired) electrons. The first-order valence-electron chi connectivity index (χ1n) is 7.56. The van der Waals surface area contributed by atoms with Crippen molar-refractivity contribution >= 4 is 45.1 Å². The van der Waals surface area contributed by atoms with E-state index in [1.165, 1.54) is 4.31 Å². The standard InChI is InChI=1S/C17H16Cl2N2O2S/c18-14-4-3-13(17(19)11-14)12-20-15-5-7-16(8-6-15)24(22,23)21-9-1-2-10-21/h3-8,11-12H,1-2,9-10H2. The van der Waals surface area contributed by atoms with Crippen LogP contribution < -0.4 is 0 Å². The van der Waals surface area contributed by atoms with Crippen molar-refractivity contribution in [2.45, 2.75) is 17.7 Å². The third-order valence-corrected chi connectivity index (χ3v) is 6.33. The first kappa shape index (κ1) is 17.4. The zero-order chi connectivity index (χ0) is 17.2. The molecule has 2 aromatic rings. The van der Waals surface area contributed by atoms with Crippen LogP contribution in [0.4, 0.5) is 5.69 Å². The van der Waals surface area contributed by atoms with Crippen LogP contribution in [-0.2, 0) is 10.0 Å². The molecule has 126 valence electrons. The molecule has 0 bridgehead atoms. The summed E-state index contributed by atoms with van der Waals surface area (Å²) < 4.78 is 26.4. The van der Waals surface area contributed by atoms with Gasteiger partial charge < -0.3 is 0 Å². The van der Waals surface area contributed by atoms with Crippen LogP contribution in [0.15, 0.2) is 52.4 Å². The number of hydrogen-bond donors (Lipinski definition) is 0. The van der Waals surface area contributed by atoms with Gasteiger partial charge in [-0.3, -0.25) is 4.99 Å². The van der Waals surface area contributed by atoms with Gasteiger partial charge in [0.25, 0.3) is 0 Å². The van der Waals surface area contributed by atoms with Gasteiger partial charge in [-0.2, -0.15) is 4.31 Å². The number of halogens is 2. The Hall–Kier alpha value is -1.40. The van der Waals surface area contributed by atoms with E-state index in [2.05, 4.69) is 4.99 Å². The zero-order valence-corrected chi connectivity index (χ0v) is 15.2. The molecular formula is C17H16Cl2N2O2S. The van der Waals surface area contributed by atoms with Crippen LogP contribution in [0.25, 0.3) is 0 Å². The molecule has 2 aromatic carbocycles. The van der Waals surface area contributed by atoms with Gasteiger partial charge in [-0.1, -0.05) is 29.3 Å². The van der Waals surface area contributed by atoms with Gasteiger partial charge in [0, 0.05) is 29.9 Å². The monoisotopic (exact) mass is 382 g/mol. The molecule has 4 nitrogen and oxygen atoms in total. The van der Waals surface area contributed by atoms with E-state index in [0.29, 0.717) is 33.7 Å². The van der Waals surface area contributed by atoms with Crippen LogP contribution >= 0.6 is 23.2 Å². The molecule has 1 saturated heterocycles. The maximum atomic E-state index is 12.5. The van der Waals surface area contributed by atoms with E-state index in [-0.39, 0.29) is 0 Å². The van der Waals surface area contributed by atoms with Gasteiger partial charge in [-0.05, 0) is 49.2 Å². The number of nitrogens with zero attached hydrogens (tertiary/aromatic N) is 2. The average Bonchev–Trinajstić information content (AvgIpc) is 3.10. The smallest absolute Gasteiger partial charge is 0.243 e. The summed E-state index contributed by atoms with van der Waals surface area (Å²) in [6.45, 7) is 1.19. The Morgan fingerprint density at radius 1 is 1.00 bits per heavy atom. The maximum Gasteiger partial charge on any atom is 0.243 e. The molecule has 1 fully saturated rings. The van der Waals surface area contributed by atoms with Gasteiger partial charge in [0.05, 0.1) is 15.6 Å². The fraction of sp³-hybridized carbons (Fsp3) is 0.235. The second-order valence-electron chi connectivity index (χ2n) is 5.53. The normalized spacial score (nSPS) is 16.1. The molecule has 0 aliphatic carbocycles. The van der Waals surface area contributed by atoms with E-state index in [9.17, 15) is 8.42 Å². The van der Waals surface area contributed by atoms with Crippen molar-refractivity contribution in [2.75, 3.05) is 13.1 Å². The number of benzene rings is 2. The molecule has 0 saturated carbocycles. The highest BCUT2D eigenvalue weighted by Crippen LogP contribution is 2.24. The van der Waals surface area contributed by atoms with E-state index < -0.39 is 10.0 Å². The lowest BCUT2D eigenvalue weighted by Crippen LogP contribution is -2.27. The minimum atomic E-state index is -3.39. The van der Waals surface area contributed by atoms with Crippen molar-refractivity contribution in [1.29, 1.82) is 0 Å². The van der Waals surface area contributed by atoms with Crippen LogP contribution in [0.3, 0.4) is 0 Å². The third-order valence-electron chi connectivity index (χ3n) is 3.85. The van der Waals surface area contributed by atoms with Gasteiger partial charge in [-0.15, -0.1) is 0 Å². The van der Waals surface area contributed by atoms with Crippen LogP contribution in [0.5, 0.6) is 0 Å². The van der Waals surface area contributed by atoms with Crippen molar-refractivity contribution in [3.05, 3.63) is 58.1 Å². The van der Waals surface area contributed by atoms with Crippen LogP contribution in [0.1, 0.15) is 18.4 Å². The molecular weight excluding hydrogens is 367 g/mol. The lowest BCUT2D eigenvalue weighted by Gasteiger charge is -2.15. The maximum absolute atomic E-state index is 12.5. The Kier molecular flexibility index (Phi) is 5.25. The topological polar surface area (TPSA) is 49.7 Å². The molecule has 0 spiro atoms. The zero-order valence-electron chi connectivity index (χ0n) is 12.8. The van der Waals surface area contributed by atoms with E-state index in [1.54, 1.807) is 48.7 Å². The predicted octanol–water partition coefficient (Wildman–Crippen LogP) is 4.53. The molecule has 0 aromatic heterocycles. The summed E-state index contributed by atoms with van der Waals surface area (Å²) in [6.07, 6.45) is 3.47. The number of hydrogen-bond acceptors (Lipinski definition) is 3. The van der Waals surface area contributed by atoms with Crippen LogP contribution in [0, 0.1) is 0 Å². The Balaban J connectivity index is 1.78. The Morgan fingerprint density at radius 3 is 2.29 bits per heavy atom. The molecule has 0 unspecified atom stereocenters. The second-order valence-corrected chi connectivity index (χ2v) is 8.31. The largest absolute Gasteiger partial charge is 0.256 e. The van der Waals surface area contributed by atoms with Crippen molar-refractivity contribution in [3.63, 3.8) is 0 Å². The second kappa shape index (κ2) is 7.23. The van der Waals surface area contributed by atoms with Crippen molar-refractivity contribution in [3.8, 4) is 0 Å². The van der Waals surface area contributed by atoms with Gasteiger partial charge in [-0.25, -0.2) is 8.42 Å². The SMILES string of the molecule is O=S(=O)(c1ccc(N=Cc2ccc(Cl)cc2Cl)cc1)N1CCCC1. The summed E-state index contributed by atoms with van der Waals surface area (Å²) >= 11 is 12.0. The molecule has 1 aliphatic rings. The minimum absolute atomic E-state index is 0.299. The van der Waals surface area contributed by atoms with Gasteiger partial charge in [0.2, 0.25) is 10.0 Å². The average molecular weight is 383 g/mol. The highest BCUT2D eigenvalue weighted by Gasteiger charge is 2.26. The summed E-state index contributed by atoms with van der Waals surface area (Å²) in [4.78, 5) is 4.63. The van der Waals surface area contributed by atoms with E-state index >= 15 is 0 Å². The quantitative estimate of drug-likeness (QED) is 0.729. The third kappa shape index (κ3) is 3.81. The van der Waals surface area contributed by atoms with Crippen LogP contribution in [0.2, 0.25) is 10.0 Å². The van der Waals surface area contributed by atoms with Gasteiger partial charge in [0.15, 0.2) is 0 Å².